The van der Waals surface area contributed by atoms with Crippen molar-refractivity contribution in [1.29, 1.82) is 0 Å². The van der Waals surface area contributed by atoms with E-state index in [1.807, 2.05) is 0 Å². The fraction of sp³-hybridized carbons (Fsp3) is 0.158. The third kappa shape index (κ3) is 3.57. The van der Waals surface area contributed by atoms with Gasteiger partial charge in [-0.25, -0.2) is 13.6 Å². The summed E-state index contributed by atoms with van der Waals surface area (Å²) in [4.78, 5) is 25.4. The summed E-state index contributed by atoms with van der Waals surface area (Å²) in [5.41, 5.74) is -0.436. The predicted molar refractivity (Wildman–Crippen MR) is 103 cm³/mol. The molecule has 2 aromatic carbocycles. The maximum absolute atomic E-state index is 14.3. The lowest BCUT2D eigenvalue weighted by molar-refractivity contribution is 0.0695. The maximum Gasteiger partial charge on any atom is 0.341 e. The molecule has 0 saturated carbocycles. The van der Waals surface area contributed by atoms with E-state index in [2.05, 4.69) is 15.9 Å². The van der Waals surface area contributed by atoms with Crippen LogP contribution in [0.2, 0.25) is 0 Å². The number of nitrogens with zero attached hydrogens (tertiary/aromatic N) is 2. The Labute approximate surface area is 161 Å². The van der Waals surface area contributed by atoms with E-state index in [0.29, 0.717) is 15.6 Å². The van der Waals surface area contributed by atoms with Crippen LogP contribution in [0.3, 0.4) is 0 Å². The molecule has 0 fully saturated rings. The van der Waals surface area contributed by atoms with E-state index in [9.17, 15) is 23.5 Å². The molecule has 3 aromatic rings. The SMILES string of the molecule is CN(C)c1cc2c(cc1F)c(=O)c(C(=O)O)cn2Cc1ccc(Br)cc1F. The minimum atomic E-state index is -1.43. The van der Waals surface area contributed by atoms with Crippen LogP contribution in [0.5, 0.6) is 0 Å². The van der Waals surface area contributed by atoms with Gasteiger partial charge < -0.3 is 14.6 Å². The molecule has 140 valence electrons. The highest BCUT2D eigenvalue weighted by Crippen LogP contribution is 2.25. The van der Waals surface area contributed by atoms with E-state index >= 15 is 0 Å². The third-order valence-electron chi connectivity index (χ3n) is 4.22. The third-order valence-corrected chi connectivity index (χ3v) is 4.71. The predicted octanol–water partition coefficient (Wildman–Crippen LogP) is 3.85. The van der Waals surface area contributed by atoms with Crippen molar-refractivity contribution in [3.63, 3.8) is 0 Å². The molecular weight excluding hydrogens is 422 g/mol. The first kappa shape index (κ1) is 19.0. The summed E-state index contributed by atoms with van der Waals surface area (Å²) in [6.07, 6.45) is 1.16. The highest BCUT2D eigenvalue weighted by Gasteiger charge is 2.18. The number of rotatable bonds is 4. The van der Waals surface area contributed by atoms with Gasteiger partial charge in [-0.05, 0) is 24.3 Å². The maximum atomic E-state index is 14.3. The van der Waals surface area contributed by atoms with Crippen molar-refractivity contribution < 1.29 is 18.7 Å². The zero-order chi connectivity index (χ0) is 19.9. The molecule has 0 aliphatic heterocycles. The fourth-order valence-electron chi connectivity index (χ4n) is 2.86. The van der Waals surface area contributed by atoms with Gasteiger partial charge in [0.2, 0.25) is 5.43 Å². The number of aromatic nitrogens is 1. The van der Waals surface area contributed by atoms with Crippen molar-refractivity contribution in [2.45, 2.75) is 6.54 Å². The van der Waals surface area contributed by atoms with E-state index in [1.54, 1.807) is 26.2 Å². The van der Waals surface area contributed by atoms with E-state index in [0.717, 1.165) is 12.3 Å². The van der Waals surface area contributed by atoms with Crippen LogP contribution in [-0.4, -0.2) is 29.7 Å². The number of aromatic carboxylic acids is 1. The van der Waals surface area contributed by atoms with Crippen LogP contribution in [0, 0.1) is 11.6 Å². The average Bonchev–Trinajstić information content (AvgIpc) is 2.58. The number of pyridine rings is 1. The second-order valence-corrected chi connectivity index (χ2v) is 7.17. The fourth-order valence-corrected chi connectivity index (χ4v) is 3.19. The summed E-state index contributed by atoms with van der Waals surface area (Å²) in [6.45, 7) is -0.0192. The van der Waals surface area contributed by atoms with Crippen molar-refractivity contribution in [2.24, 2.45) is 0 Å². The van der Waals surface area contributed by atoms with Crippen molar-refractivity contribution in [1.82, 2.24) is 4.57 Å². The molecule has 0 atom stereocenters. The first-order valence-corrected chi connectivity index (χ1v) is 8.69. The Morgan fingerprint density at radius 1 is 1.19 bits per heavy atom. The molecule has 0 unspecified atom stereocenters. The minimum absolute atomic E-state index is 0.0192. The number of halogens is 3. The van der Waals surface area contributed by atoms with Gasteiger partial charge >= 0.3 is 5.97 Å². The Kier molecular flexibility index (Phi) is 5.01. The van der Waals surface area contributed by atoms with E-state index in [4.69, 9.17) is 0 Å². The van der Waals surface area contributed by atoms with Crippen molar-refractivity contribution in [2.75, 3.05) is 19.0 Å². The first-order valence-electron chi connectivity index (χ1n) is 7.90. The molecule has 1 aromatic heterocycles. The Morgan fingerprint density at radius 2 is 1.89 bits per heavy atom. The van der Waals surface area contributed by atoms with Crippen LogP contribution >= 0.6 is 15.9 Å². The lowest BCUT2D eigenvalue weighted by atomic mass is 10.1. The number of anilines is 1. The molecule has 0 spiro atoms. The first-order chi connectivity index (χ1) is 12.7. The molecular formula is C19H15BrF2N2O3. The summed E-state index contributed by atoms with van der Waals surface area (Å²) >= 11 is 3.18. The second-order valence-electron chi connectivity index (χ2n) is 6.26. The number of carboxylic acids is 1. The molecule has 1 heterocycles. The van der Waals surface area contributed by atoms with E-state index in [-0.39, 0.29) is 17.6 Å². The lowest BCUT2D eigenvalue weighted by Crippen LogP contribution is -2.20. The summed E-state index contributed by atoms with van der Waals surface area (Å²) in [5.74, 6) is -2.56. The van der Waals surface area contributed by atoms with Gasteiger partial charge in [0, 0.05) is 35.7 Å². The number of hydrogen-bond donors (Lipinski definition) is 1. The molecule has 0 radical (unpaired) electrons. The molecule has 0 bridgehead atoms. The monoisotopic (exact) mass is 436 g/mol. The zero-order valence-corrected chi connectivity index (χ0v) is 16.0. The summed E-state index contributed by atoms with van der Waals surface area (Å²) in [7, 11) is 3.29. The average molecular weight is 437 g/mol. The highest BCUT2D eigenvalue weighted by molar-refractivity contribution is 9.10. The number of carboxylic acid groups (broad SMARTS) is 1. The van der Waals surface area contributed by atoms with Crippen LogP contribution in [0.1, 0.15) is 15.9 Å². The van der Waals surface area contributed by atoms with Crippen molar-refractivity contribution in [3.8, 4) is 0 Å². The Bertz CT molecular complexity index is 1130. The number of carbonyl (C=O) groups is 1. The van der Waals surface area contributed by atoms with Gasteiger partial charge in [-0.2, -0.15) is 0 Å². The molecule has 5 nitrogen and oxygen atoms in total. The van der Waals surface area contributed by atoms with Crippen molar-refractivity contribution >= 4 is 38.5 Å². The number of hydrogen-bond acceptors (Lipinski definition) is 3. The van der Waals surface area contributed by atoms with Gasteiger partial charge in [-0.15, -0.1) is 0 Å². The molecule has 0 amide bonds. The molecule has 8 heteroatoms. The standard InChI is InChI=1S/C19H15BrF2N2O3/c1-23(2)17-7-16-12(6-15(17)22)18(25)13(19(26)27)9-24(16)8-10-3-4-11(20)5-14(10)21/h3-7,9H,8H2,1-2H3,(H,26,27). The zero-order valence-electron chi connectivity index (χ0n) is 14.5. The van der Waals surface area contributed by atoms with Crippen molar-refractivity contribution in [3.05, 3.63) is 74.0 Å². The largest absolute Gasteiger partial charge is 0.477 e. The van der Waals surface area contributed by atoms with Gasteiger partial charge in [0.25, 0.3) is 0 Å². The van der Waals surface area contributed by atoms with Gasteiger partial charge in [-0.1, -0.05) is 22.0 Å². The Balaban J connectivity index is 2.31. The summed E-state index contributed by atoms with van der Waals surface area (Å²) in [6, 6.07) is 6.98. The molecule has 0 aliphatic carbocycles. The summed E-state index contributed by atoms with van der Waals surface area (Å²) in [5, 5.41) is 9.25. The van der Waals surface area contributed by atoms with Crippen LogP contribution in [0.4, 0.5) is 14.5 Å². The Hall–Kier alpha value is -2.74. The van der Waals surface area contributed by atoms with Crippen LogP contribution in [-0.2, 0) is 6.54 Å². The van der Waals surface area contributed by atoms with Crippen LogP contribution in [0.25, 0.3) is 10.9 Å². The second kappa shape index (κ2) is 7.11. The molecule has 3 rings (SSSR count). The molecule has 0 aliphatic rings. The lowest BCUT2D eigenvalue weighted by Gasteiger charge is -2.18. The summed E-state index contributed by atoms with van der Waals surface area (Å²) < 4.78 is 30.6. The Morgan fingerprint density at radius 3 is 2.48 bits per heavy atom. The molecule has 0 saturated heterocycles. The van der Waals surface area contributed by atoms with E-state index in [1.165, 1.54) is 21.6 Å². The smallest absolute Gasteiger partial charge is 0.341 e. The van der Waals surface area contributed by atoms with Crippen LogP contribution in [0.15, 0.2) is 45.8 Å². The number of benzene rings is 2. The van der Waals surface area contributed by atoms with Gasteiger partial charge in [0.15, 0.2) is 0 Å². The normalized spacial score (nSPS) is 11.0. The quantitative estimate of drug-likeness (QED) is 0.674. The van der Waals surface area contributed by atoms with Gasteiger partial charge in [-0.3, -0.25) is 4.79 Å². The van der Waals surface area contributed by atoms with Gasteiger partial charge in [0.05, 0.1) is 17.7 Å². The van der Waals surface area contributed by atoms with E-state index < -0.39 is 28.6 Å². The van der Waals surface area contributed by atoms with Crippen LogP contribution < -0.4 is 10.3 Å². The molecule has 27 heavy (non-hydrogen) atoms. The highest BCUT2D eigenvalue weighted by atomic mass is 79.9. The van der Waals surface area contributed by atoms with Gasteiger partial charge in [0.1, 0.15) is 17.2 Å². The molecule has 1 N–H and O–H groups in total. The number of fused-ring (bicyclic) bond motifs is 1. The minimum Gasteiger partial charge on any atom is -0.477 e. The topological polar surface area (TPSA) is 62.5 Å².